The van der Waals surface area contributed by atoms with Gasteiger partial charge >= 0.3 is 0 Å². The van der Waals surface area contributed by atoms with Crippen molar-refractivity contribution in [3.05, 3.63) is 228 Å². The molecular weight excluding hydrogens is 753 g/mol. The van der Waals surface area contributed by atoms with Crippen LogP contribution in [0.15, 0.2) is 199 Å². The molecule has 2 aromatic heterocycles. The predicted octanol–water partition coefficient (Wildman–Crippen LogP) is 15.8. The summed E-state index contributed by atoms with van der Waals surface area (Å²) < 4.78 is 9.52. The van der Waals surface area contributed by atoms with Crippen LogP contribution in [0.3, 0.4) is 0 Å². The van der Waals surface area contributed by atoms with Gasteiger partial charge in [-0.3, -0.25) is 0 Å². The lowest BCUT2D eigenvalue weighted by Gasteiger charge is -2.40. The first-order valence-electron chi connectivity index (χ1n) is 21.6. The molecule has 3 heteroatoms. The number of rotatable bonds is 3. The zero-order valence-corrected chi connectivity index (χ0v) is 34.3. The average molecular weight is 791 g/mol. The Morgan fingerprint density at radius 3 is 1.95 bits per heavy atom. The van der Waals surface area contributed by atoms with Crippen LogP contribution < -0.4 is 4.90 Å². The van der Waals surface area contributed by atoms with Gasteiger partial charge in [-0.25, -0.2) is 0 Å². The molecule has 1 spiro atoms. The molecule has 0 amide bonds. The van der Waals surface area contributed by atoms with E-state index >= 15 is 0 Å². The summed E-state index contributed by atoms with van der Waals surface area (Å²) in [6, 6.07) is 72.5. The maximum Gasteiger partial charge on any atom is 0.159 e. The number of aromatic nitrogens is 1. The highest BCUT2D eigenvalue weighted by atomic mass is 16.3. The largest absolute Gasteiger partial charge is 0.454 e. The smallest absolute Gasteiger partial charge is 0.159 e. The molecule has 0 saturated heterocycles. The van der Waals surface area contributed by atoms with E-state index in [1.165, 1.54) is 88.0 Å². The van der Waals surface area contributed by atoms with Gasteiger partial charge in [-0.1, -0.05) is 163 Å². The lowest BCUT2D eigenvalue weighted by Crippen LogP contribution is -2.33. The van der Waals surface area contributed by atoms with Gasteiger partial charge in [-0.15, -0.1) is 0 Å². The molecule has 0 fully saturated rings. The van der Waals surface area contributed by atoms with Crippen LogP contribution in [0.25, 0.3) is 82.1 Å². The minimum atomic E-state index is -0.643. The maximum atomic E-state index is 6.98. The summed E-state index contributed by atoms with van der Waals surface area (Å²) in [7, 11) is 0. The van der Waals surface area contributed by atoms with Gasteiger partial charge in [0.2, 0.25) is 0 Å². The molecule has 62 heavy (non-hydrogen) atoms. The molecule has 0 saturated carbocycles. The van der Waals surface area contributed by atoms with E-state index in [0.717, 1.165) is 44.6 Å². The van der Waals surface area contributed by atoms with E-state index in [9.17, 15) is 0 Å². The van der Waals surface area contributed by atoms with Crippen molar-refractivity contribution in [1.82, 2.24) is 4.57 Å². The van der Waals surface area contributed by atoms with Crippen molar-refractivity contribution >= 4 is 82.4 Å². The van der Waals surface area contributed by atoms with Crippen LogP contribution in [-0.2, 0) is 5.41 Å². The second kappa shape index (κ2) is 12.1. The quantitative estimate of drug-likeness (QED) is 0.178. The number of aryl methyl sites for hydroxylation is 2. The van der Waals surface area contributed by atoms with Crippen LogP contribution in [0.2, 0.25) is 0 Å². The number of fused-ring (bicyclic) bond motifs is 19. The normalized spacial score (nSPS) is 15.0. The van der Waals surface area contributed by atoms with Gasteiger partial charge in [0.05, 0.1) is 33.5 Å². The van der Waals surface area contributed by atoms with Crippen LogP contribution in [-0.4, -0.2) is 4.57 Å². The van der Waals surface area contributed by atoms with E-state index in [4.69, 9.17) is 4.42 Å². The summed E-state index contributed by atoms with van der Waals surface area (Å²) in [4.78, 5) is 2.46. The Morgan fingerprint density at radius 1 is 0.435 bits per heavy atom. The molecule has 0 bridgehead atoms. The molecule has 3 nitrogen and oxygen atoms in total. The number of anilines is 3. The zero-order valence-electron chi connectivity index (χ0n) is 34.3. The number of furan rings is 1. The minimum Gasteiger partial charge on any atom is -0.454 e. The summed E-state index contributed by atoms with van der Waals surface area (Å²) in [6.07, 6.45) is 0. The van der Waals surface area contributed by atoms with Crippen LogP contribution in [0.4, 0.5) is 17.1 Å². The number of nitrogens with zero attached hydrogens (tertiary/aromatic N) is 2. The van der Waals surface area contributed by atoms with E-state index in [1.54, 1.807) is 0 Å². The monoisotopic (exact) mass is 790 g/mol. The van der Waals surface area contributed by atoms with E-state index < -0.39 is 5.41 Å². The van der Waals surface area contributed by atoms with Crippen molar-refractivity contribution in [3.63, 3.8) is 0 Å². The van der Waals surface area contributed by atoms with E-state index in [1.807, 2.05) is 0 Å². The highest BCUT2D eigenvalue weighted by molar-refractivity contribution is 6.19. The number of hydrogen-bond acceptors (Lipinski definition) is 2. The van der Waals surface area contributed by atoms with Gasteiger partial charge in [-0.05, 0) is 105 Å². The standard InChI is InChI=1S/C59H38N2O/c1-35-28-31-38(32-29-35)60(52-27-13-22-45-44-21-11-14-36(2)57(44)62-58(45)52)53-34-49-55(42-19-6-5-17-40(42)53)54-39-16-4-3-15-37(39)30-33-47(54)59(49)46-23-8-10-26-51(46)61-50-25-9-7-18-41(50)43-20-12-24-48(59)56(43)61/h3-34H,1-2H3. The first-order chi connectivity index (χ1) is 30.6. The highest BCUT2D eigenvalue weighted by Crippen LogP contribution is 2.64. The van der Waals surface area contributed by atoms with E-state index in [-0.39, 0.29) is 0 Å². The fraction of sp³-hybridized carbons (Fsp3) is 0.0508. The summed E-state index contributed by atoms with van der Waals surface area (Å²) in [5.74, 6) is 0. The molecule has 2 aliphatic rings. The summed E-state index contributed by atoms with van der Waals surface area (Å²) in [6.45, 7) is 4.30. The summed E-state index contributed by atoms with van der Waals surface area (Å²) in [5, 5.41) is 9.72. The van der Waals surface area contributed by atoms with Gasteiger partial charge in [0.1, 0.15) is 5.58 Å². The van der Waals surface area contributed by atoms with Crippen molar-refractivity contribution in [2.75, 3.05) is 4.90 Å². The predicted molar refractivity (Wildman–Crippen MR) is 258 cm³/mol. The molecule has 12 aromatic rings. The molecule has 10 aromatic carbocycles. The number of benzene rings is 10. The summed E-state index contributed by atoms with van der Waals surface area (Å²) >= 11 is 0. The minimum absolute atomic E-state index is 0.643. The maximum absolute atomic E-state index is 6.98. The van der Waals surface area contributed by atoms with Gasteiger partial charge in [-0.2, -0.15) is 0 Å². The van der Waals surface area contributed by atoms with Crippen LogP contribution in [0.1, 0.15) is 33.4 Å². The van der Waals surface area contributed by atoms with Gasteiger partial charge < -0.3 is 13.9 Å². The second-order valence-corrected chi connectivity index (χ2v) is 17.3. The highest BCUT2D eigenvalue weighted by Gasteiger charge is 2.52. The molecule has 3 heterocycles. The third-order valence-electron chi connectivity index (χ3n) is 14.1. The Hall–Kier alpha value is -7.88. The van der Waals surface area contributed by atoms with Crippen molar-refractivity contribution < 1.29 is 4.42 Å². The molecular formula is C59H38N2O. The molecule has 0 N–H and O–H groups in total. The molecule has 1 aliphatic heterocycles. The van der Waals surface area contributed by atoms with Crippen molar-refractivity contribution in [2.24, 2.45) is 0 Å². The fourth-order valence-corrected chi connectivity index (χ4v) is 11.6. The third kappa shape index (κ3) is 4.15. The SMILES string of the molecule is Cc1ccc(N(c2cc3c(c4ccccc24)-c2c(ccc4ccccc24)C32c3ccccc3-n3c4ccccc4c4cccc2c43)c2cccc3c2oc2c(C)cccc23)cc1. The first-order valence-corrected chi connectivity index (χ1v) is 21.6. The van der Waals surface area contributed by atoms with Gasteiger partial charge in [0.25, 0.3) is 0 Å². The second-order valence-electron chi connectivity index (χ2n) is 17.3. The molecule has 290 valence electrons. The number of hydrogen-bond donors (Lipinski definition) is 0. The van der Waals surface area contributed by atoms with E-state index in [2.05, 4.69) is 217 Å². The lowest BCUT2D eigenvalue weighted by molar-refractivity contribution is 0.666. The lowest BCUT2D eigenvalue weighted by atomic mass is 9.65. The Labute approximate surface area is 358 Å². The first kappa shape index (κ1) is 33.9. The van der Waals surface area contributed by atoms with Crippen LogP contribution >= 0.6 is 0 Å². The Balaban J connectivity index is 1.19. The van der Waals surface area contributed by atoms with Crippen molar-refractivity contribution in [2.45, 2.75) is 19.3 Å². The Bertz CT molecular complexity index is 3900. The molecule has 1 aliphatic carbocycles. The van der Waals surface area contributed by atoms with Crippen LogP contribution in [0.5, 0.6) is 0 Å². The van der Waals surface area contributed by atoms with Gasteiger partial charge in [0, 0.05) is 32.6 Å². The Morgan fingerprint density at radius 2 is 1.08 bits per heavy atom. The van der Waals surface area contributed by atoms with Crippen LogP contribution in [0, 0.1) is 13.8 Å². The summed E-state index contributed by atoms with van der Waals surface area (Å²) in [5.41, 5.74) is 18.2. The topological polar surface area (TPSA) is 21.3 Å². The third-order valence-corrected chi connectivity index (χ3v) is 14.1. The van der Waals surface area contributed by atoms with Gasteiger partial charge in [0.15, 0.2) is 5.58 Å². The Kier molecular flexibility index (Phi) is 6.63. The zero-order chi connectivity index (χ0) is 40.8. The molecule has 1 unspecified atom stereocenters. The molecule has 1 atom stereocenters. The number of para-hydroxylation sites is 5. The van der Waals surface area contributed by atoms with E-state index in [0.29, 0.717) is 0 Å². The van der Waals surface area contributed by atoms with Crippen molar-refractivity contribution in [3.8, 4) is 16.8 Å². The molecule has 0 radical (unpaired) electrons. The van der Waals surface area contributed by atoms with Crippen molar-refractivity contribution in [1.29, 1.82) is 0 Å². The fourth-order valence-electron chi connectivity index (χ4n) is 11.6. The molecule has 14 rings (SSSR count). The average Bonchev–Trinajstić information content (AvgIpc) is 3.97.